The summed E-state index contributed by atoms with van der Waals surface area (Å²) in [4.78, 5) is 0. The van der Waals surface area contributed by atoms with Gasteiger partial charge in [-0.1, -0.05) is 83.1 Å². The first-order valence-electron chi connectivity index (χ1n) is 14.8. The Morgan fingerprint density at radius 1 is 0.683 bits per heavy atom. The maximum absolute atomic E-state index is 10.1. The predicted molar refractivity (Wildman–Crippen MR) is 163 cm³/mol. The number of rotatable bonds is 3. The van der Waals surface area contributed by atoms with Gasteiger partial charge < -0.3 is 41.8 Å². The zero-order valence-electron chi connectivity index (χ0n) is 27.6. The van der Waals surface area contributed by atoms with Crippen LogP contribution < -0.4 is 0 Å². The second-order valence-corrected chi connectivity index (χ2v) is 25.1. The van der Waals surface area contributed by atoms with E-state index in [4.69, 9.17) is 36.7 Å². The molecule has 0 aromatic carbocycles. The van der Waals surface area contributed by atoms with Gasteiger partial charge in [0, 0.05) is 27.3 Å². The summed E-state index contributed by atoms with van der Waals surface area (Å²) < 4.78 is 47.7. The number of aliphatic hydroxyl groups is 1. The van der Waals surface area contributed by atoms with Crippen molar-refractivity contribution in [3.63, 3.8) is 0 Å². The van der Waals surface area contributed by atoms with Crippen molar-refractivity contribution in [2.75, 3.05) is 27.1 Å². The van der Waals surface area contributed by atoms with Crippen LogP contribution in [-0.4, -0.2) is 86.0 Å². The molecular weight excluding hydrogens is 560 g/mol. The molecule has 0 aliphatic carbocycles. The molecule has 9 nitrogen and oxygen atoms in total. The average Bonchev–Trinajstić information content (AvgIpc) is 2.85. The van der Waals surface area contributed by atoms with Crippen molar-refractivity contribution >= 4 is 17.1 Å². The monoisotopic (exact) mass is 616 g/mol. The quantitative estimate of drug-likeness (QED) is 0.300. The molecule has 0 bridgehead atoms. The number of fused-ring (bicyclic) bond motifs is 2. The maximum Gasteiger partial charge on any atom is 0.349 e. The van der Waals surface area contributed by atoms with Crippen LogP contribution in [0.15, 0.2) is 24.7 Å². The third kappa shape index (κ3) is 6.83. The summed E-state index contributed by atoms with van der Waals surface area (Å²) in [5.41, 5.74) is 0. The van der Waals surface area contributed by atoms with Crippen molar-refractivity contribution in [2.45, 2.75) is 140 Å². The van der Waals surface area contributed by atoms with Crippen LogP contribution in [0.3, 0.4) is 0 Å². The van der Waals surface area contributed by atoms with Crippen molar-refractivity contribution in [3.05, 3.63) is 24.7 Å². The Balaban J connectivity index is 0.000000228. The number of hydrogen-bond donors (Lipinski definition) is 1. The van der Waals surface area contributed by atoms with Gasteiger partial charge in [-0.05, 0) is 12.2 Å². The van der Waals surface area contributed by atoms with E-state index in [1.807, 2.05) is 6.08 Å². The Morgan fingerprint density at radius 2 is 1.10 bits per heavy atom. The van der Waals surface area contributed by atoms with Crippen molar-refractivity contribution in [1.82, 2.24) is 0 Å². The zero-order valence-corrected chi connectivity index (χ0v) is 29.6. The fourth-order valence-corrected chi connectivity index (χ4v) is 16.7. The summed E-state index contributed by atoms with van der Waals surface area (Å²) in [6, 6.07) is 0. The fourth-order valence-electron chi connectivity index (χ4n) is 6.78. The first kappa shape index (κ1) is 34.7. The van der Waals surface area contributed by atoms with E-state index in [9.17, 15) is 5.11 Å². The van der Waals surface area contributed by atoms with E-state index in [-0.39, 0.29) is 57.5 Å². The Kier molecular flexibility index (Phi) is 10.4. The van der Waals surface area contributed by atoms with Crippen LogP contribution in [0, 0.1) is 0 Å². The summed E-state index contributed by atoms with van der Waals surface area (Å²) in [7, 11) is -3.40. The van der Waals surface area contributed by atoms with Gasteiger partial charge in [0.25, 0.3) is 0 Å². The van der Waals surface area contributed by atoms with Gasteiger partial charge in [-0.25, -0.2) is 0 Å². The highest BCUT2D eigenvalue weighted by Gasteiger charge is 2.64. The molecule has 0 radical (unpaired) electrons. The minimum Gasteiger partial charge on any atom is -0.493 e. The predicted octanol–water partition coefficient (Wildman–Crippen LogP) is 6.06. The van der Waals surface area contributed by atoms with Gasteiger partial charge in [0.15, 0.2) is 0 Å². The van der Waals surface area contributed by atoms with Crippen molar-refractivity contribution < 1.29 is 41.8 Å². The summed E-state index contributed by atoms with van der Waals surface area (Å²) in [5, 5.41) is 9.89. The average molecular weight is 617 g/mol. The van der Waals surface area contributed by atoms with E-state index in [1.54, 1.807) is 25.7 Å². The van der Waals surface area contributed by atoms with Crippen molar-refractivity contribution in [1.29, 1.82) is 0 Å². The normalized spacial score (nSPS) is 32.9. The molecule has 4 aliphatic rings. The van der Waals surface area contributed by atoms with Crippen molar-refractivity contribution in [3.8, 4) is 0 Å². The van der Waals surface area contributed by atoms with Crippen LogP contribution in [0.25, 0.3) is 0 Å². The lowest BCUT2D eigenvalue weighted by Crippen LogP contribution is -2.67. The lowest BCUT2D eigenvalue weighted by Gasteiger charge is -2.55. The molecule has 11 heteroatoms. The molecule has 0 unspecified atom stereocenters. The van der Waals surface area contributed by atoms with E-state index in [1.165, 1.54) is 0 Å². The first-order valence-corrected chi connectivity index (χ1v) is 18.4. The van der Waals surface area contributed by atoms with Crippen LogP contribution >= 0.6 is 0 Å². The van der Waals surface area contributed by atoms with Crippen molar-refractivity contribution in [2.24, 2.45) is 0 Å². The van der Waals surface area contributed by atoms with Gasteiger partial charge in [-0.3, -0.25) is 0 Å². The Hall–Kier alpha value is -0.766. The van der Waals surface area contributed by atoms with E-state index in [0.29, 0.717) is 13.2 Å². The largest absolute Gasteiger partial charge is 0.493 e. The van der Waals surface area contributed by atoms with E-state index >= 15 is 0 Å². The number of methoxy groups -OCH3 is 1. The fraction of sp³-hybridized carbons (Fsp3) is 0.867. The minimum absolute atomic E-state index is 0.0524. The number of hydrogen-bond acceptors (Lipinski definition) is 9. The molecule has 4 heterocycles. The second kappa shape index (κ2) is 12.3. The lowest BCUT2D eigenvalue weighted by atomic mass is 10.1. The molecule has 4 aliphatic heterocycles. The van der Waals surface area contributed by atoms with Gasteiger partial charge in [0.05, 0.1) is 25.7 Å². The maximum atomic E-state index is 10.1. The third-order valence-electron chi connectivity index (χ3n) is 8.28. The van der Waals surface area contributed by atoms with Gasteiger partial charge in [0.2, 0.25) is 0 Å². The highest BCUT2D eigenvalue weighted by molar-refractivity contribution is 6.74. The van der Waals surface area contributed by atoms with Crippen LogP contribution in [0.4, 0.5) is 0 Å². The van der Waals surface area contributed by atoms with E-state index in [2.05, 4.69) is 83.1 Å². The SMILES string of the molecule is CC(C)(C)[Si]1(C(C)(C)C)OC[C@H]2OC=C[C@@H](O)[C@@H]2O1.COCO[C@@H]1C=CO[C@@H]2CO[Si](C(C)(C)C)(C(C)(C)C)O[C@@H]12. The third-order valence-corrected chi connectivity index (χ3v) is 18.5. The molecule has 2 saturated heterocycles. The molecule has 0 amide bonds. The van der Waals surface area contributed by atoms with Crippen LogP contribution in [0.2, 0.25) is 20.2 Å². The molecule has 2 fully saturated rings. The summed E-state index contributed by atoms with van der Waals surface area (Å²) in [6.45, 7) is 27.5. The first-order chi connectivity index (χ1) is 18.7. The second-order valence-electron chi connectivity index (χ2n) is 15.6. The smallest absolute Gasteiger partial charge is 0.349 e. The molecule has 0 aromatic heterocycles. The van der Waals surface area contributed by atoms with Crippen LogP contribution in [-0.2, 0) is 36.7 Å². The molecule has 41 heavy (non-hydrogen) atoms. The highest BCUT2D eigenvalue weighted by Crippen LogP contribution is 2.56. The molecule has 0 aromatic rings. The molecule has 6 atom stereocenters. The van der Waals surface area contributed by atoms with E-state index in [0.717, 1.165) is 0 Å². The van der Waals surface area contributed by atoms with Crippen LogP contribution in [0.1, 0.15) is 83.1 Å². The topological polar surface area (TPSA) is 94.1 Å². The minimum atomic E-state index is -2.51. The van der Waals surface area contributed by atoms with Crippen LogP contribution in [0.5, 0.6) is 0 Å². The van der Waals surface area contributed by atoms with Gasteiger partial charge in [0.1, 0.15) is 43.4 Å². The highest BCUT2D eigenvalue weighted by atomic mass is 28.4. The number of ether oxygens (including phenoxy) is 4. The lowest BCUT2D eigenvalue weighted by molar-refractivity contribution is -0.160. The Labute approximate surface area is 250 Å². The summed E-state index contributed by atoms with van der Waals surface area (Å²) >= 11 is 0. The molecule has 1 N–H and O–H groups in total. The standard InChI is InChI=1S/C16H30O5Si.C14H26O4Si/c1-15(2,3)22(16(4,5)6)20-10-13-14(21-22)12(8-9-18-13)19-11-17-7;1-13(2,3)19(14(4,5)6)17-9-11-12(18-19)10(15)7-8-16-11/h8-9,12-14H,10-11H2,1-7H3;7-8,10-12,15H,9H2,1-6H3/t12-,13-,14+;10-,11-,12+/m11/s1. The molecule has 238 valence electrons. The van der Waals surface area contributed by atoms with Gasteiger partial charge in [-0.2, -0.15) is 0 Å². The molecular formula is C30H56O9Si2. The van der Waals surface area contributed by atoms with Gasteiger partial charge >= 0.3 is 17.1 Å². The van der Waals surface area contributed by atoms with Gasteiger partial charge in [-0.15, -0.1) is 0 Å². The number of aliphatic hydroxyl groups excluding tert-OH is 1. The summed E-state index contributed by atoms with van der Waals surface area (Å²) in [6.07, 6.45) is 5.19. The zero-order chi connectivity index (χ0) is 31.1. The molecule has 0 spiro atoms. The molecule has 0 saturated carbocycles. The Bertz CT molecular complexity index is 898. The molecule has 4 rings (SSSR count). The van der Waals surface area contributed by atoms with E-state index < -0.39 is 23.2 Å². The Morgan fingerprint density at radius 3 is 1.54 bits per heavy atom. The summed E-state index contributed by atoms with van der Waals surface area (Å²) in [5.74, 6) is 0.